The lowest BCUT2D eigenvalue weighted by molar-refractivity contribution is -0.118. The van der Waals surface area contributed by atoms with Crippen LogP contribution < -0.4 is 10.1 Å². The van der Waals surface area contributed by atoms with Gasteiger partial charge in [-0.3, -0.25) is 4.79 Å². The van der Waals surface area contributed by atoms with Gasteiger partial charge in [-0.25, -0.2) is 4.98 Å². The van der Waals surface area contributed by atoms with E-state index in [2.05, 4.69) is 10.3 Å². The molecule has 0 unspecified atom stereocenters. The van der Waals surface area contributed by atoms with Crippen molar-refractivity contribution in [1.82, 2.24) is 9.55 Å². The molecule has 0 aliphatic rings. The lowest BCUT2D eigenvalue weighted by Gasteiger charge is -2.12. The molecule has 0 radical (unpaired) electrons. The number of rotatable bonds is 5. The number of amides is 1. The van der Waals surface area contributed by atoms with Gasteiger partial charge in [0.25, 0.3) is 5.91 Å². The van der Waals surface area contributed by atoms with Crippen molar-refractivity contribution in [2.75, 3.05) is 11.9 Å². The summed E-state index contributed by atoms with van der Waals surface area (Å²) in [4.78, 5) is 16.1. The highest BCUT2D eigenvalue weighted by Gasteiger charge is 2.08. The van der Waals surface area contributed by atoms with E-state index in [1.165, 1.54) is 0 Å². The Bertz CT molecular complexity index is 786. The van der Waals surface area contributed by atoms with Gasteiger partial charge in [-0.1, -0.05) is 23.7 Å². The summed E-state index contributed by atoms with van der Waals surface area (Å²) < 4.78 is 7.26. The number of nitrogens with zero attached hydrogens (tertiary/aromatic N) is 2. The van der Waals surface area contributed by atoms with Crippen molar-refractivity contribution in [3.63, 3.8) is 0 Å². The van der Waals surface area contributed by atoms with E-state index in [9.17, 15) is 4.79 Å². The molecule has 2 aromatic carbocycles. The van der Waals surface area contributed by atoms with Crippen molar-refractivity contribution in [1.29, 1.82) is 0 Å². The smallest absolute Gasteiger partial charge is 0.262 e. The van der Waals surface area contributed by atoms with E-state index in [1.807, 2.05) is 35.0 Å². The van der Waals surface area contributed by atoms with Crippen LogP contribution in [0.4, 0.5) is 5.69 Å². The standard InChI is InChI=1S/C17H14ClN3O2/c18-13-5-7-14(8-6-13)23-11-17(22)20-15-3-1-2-4-16(15)21-10-9-19-12-21/h1-10,12H,11H2,(H,20,22). The van der Waals surface area contributed by atoms with E-state index in [0.29, 0.717) is 16.5 Å². The van der Waals surface area contributed by atoms with Gasteiger partial charge >= 0.3 is 0 Å². The summed E-state index contributed by atoms with van der Waals surface area (Å²) in [6, 6.07) is 14.3. The molecule has 23 heavy (non-hydrogen) atoms. The first-order valence-corrected chi connectivity index (χ1v) is 7.36. The van der Waals surface area contributed by atoms with Gasteiger partial charge < -0.3 is 14.6 Å². The molecule has 0 aliphatic heterocycles. The van der Waals surface area contributed by atoms with E-state index < -0.39 is 0 Å². The fourth-order valence-corrected chi connectivity index (χ4v) is 2.20. The molecule has 0 saturated carbocycles. The molecular formula is C17H14ClN3O2. The Kier molecular flexibility index (Phi) is 4.59. The second-order valence-electron chi connectivity index (χ2n) is 4.78. The fraction of sp³-hybridized carbons (Fsp3) is 0.0588. The Morgan fingerprint density at radius 1 is 1.17 bits per heavy atom. The number of hydrogen-bond donors (Lipinski definition) is 1. The maximum atomic E-state index is 12.1. The average molecular weight is 328 g/mol. The molecule has 0 atom stereocenters. The minimum atomic E-state index is -0.243. The van der Waals surface area contributed by atoms with E-state index in [0.717, 1.165) is 5.69 Å². The molecule has 1 heterocycles. The quantitative estimate of drug-likeness (QED) is 0.779. The number of hydrogen-bond acceptors (Lipinski definition) is 3. The van der Waals surface area contributed by atoms with Crippen molar-refractivity contribution in [3.8, 4) is 11.4 Å². The third-order valence-electron chi connectivity index (χ3n) is 3.14. The number of nitrogens with one attached hydrogen (secondary N) is 1. The molecular weight excluding hydrogens is 314 g/mol. The molecule has 1 amide bonds. The van der Waals surface area contributed by atoms with Gasteiger partial charge in [0, 0.05) is 17.4 Å². The first-order chi connectivity index (χ1) is 11.2. The second-order valence-corrected chi connectivity index (χ2v) is 5.21. The second kappa shape index (κ2) is 6.98. The normalized spacial score (nSPS) is 10.3. The Morgan fingerprint density at radius 3 is 2.70 bits per heavy atom. The van der Waals surface area contributed by atoms with Crippen molar-refractivity contribution in [3.05, 3.63) is 72.3 Å². The van der Waals surface area contributed by atoms with Crippen molar-refractivity contribution in [2.24, 2.45) is 0 Å². The zero-order valence-electron chi connectivity index (χ0n) is 12.1. The molecule has 116 valence electrons. The SMILES string of the molecule is O=C(COc1ccc(Cl)cc1)Nc1ccccc1-n1ccnc1. The monoisotopic (exact) mass is 327 g/mol. The third-order valence-corrected chi connectivity index (χ3v) is 3.40. The molecule has 5 nitrogen and oxygen atoms in total. The van der Waals surface area contributed by atoms with Crippen LogP contribution in [0.5, 0.6) is 5.75 Å². The maximum Gasteiger partial charge on any atom is 0.262 e. The zero-order chi connectivity index (χ0) is 16.1. The molecule has 0 fully saturated rings. The van der Waals surface area contributed by atoms with Gasteiger partial charge in [0.15, 0.2) is 6.61 Å². The molecule has 0 aliphatic carbocycles. The summed E-state index contributed by atoms with van der Waals surface area (Å²) in [5.41, 5.74) is 1.53. The van der Waals surface area contributed by atoms with Crippen LogP contribution in [0.25, 0.3) is 5.69 Å². The minimum absolute atomic E-state index is 0.0834. The van der Waals surface area contributed by atoms with Crippen LogP contribution in [0, 0.1) is 0 Å². The number of para-hydroxylation sites is 2. The number of imidazole rings is 1. The van der Waals surface area contributed by atoms with Crippen molar-refractivity contribution < 1.29 is 9.53 Å². The van der Waals surface area contributed by atoms with Crippen molar-refractivity contribution >= 4 is 23.2 Å². The highest BCUT2D eigenvalue weighted by atomic mass is 35.5. The van der Waals surface area contributed by atoms with Crippen LogP contribution in [-0.2, 0) is 4.79 Å². The largest absolute Gasteiger partial charge is 0.484 e. The van der Waals surface area contributed by atoms with E-state index >= 15 is 0 Å². The van der Waals surface area contributed by atoms with Crippen LogP contribution in [0.1, 0.15) is 0 Å². The summed E-state index contributed by atoms with van der Waals surface area (Å²) in [7, 11) is 0. The van der Waals surface area contributed by atoms with Crippen LogP contribution in [-0.4, -0.2) is 22.1 Å². The number of carbonyl (C=O) groups is 1. The topological polar surface area (TPSA) is 56.1 Å². The highest BCUT2D eigenvalue weighted by Crippen LogP contribution is 2.20. The van der Waals surface area contributed by atoms with Crippen molar-refractivity contribution in [2.45, 2.75) is 0 Å². The predicted octanol–water partition coefficient (Wildman–Crippen LogP) is 3.54. The Morgan fingerprint density at radius 2 is 1.96 bits per heavy atom. The van der Waals surface area contributed by atoms with E-state index in [4.69, 9.17) is 16.3 Å². The lowest BCUT2D eigenvalue weighted by Crippen LogP contribution is -2.21. The number of carbonyl (C=O) groups excluding carboxylic acids is 1. The number of anilines is 1. The number of aromatic nitrogens is 2. The zero-order valence-corrected chi connectivity index (χ0v) is 12.9. The van der Waals surface area contributed by atoms with Crippen LogP contribution in [0.15, 0.2) is 67.3 Å². The molecule has 0 saturated heterocycles. The highest BCUT2D eigenvalue weighted by molar-refractivity contribution is 6.30. The Hall–Kier alpha value is -2.79. The summed E-state index contributed by atoms with van der Waals surface area (Å²) in [5, 5.41) is 3.46. The molecule has 0 spiro atoms. The third kappa shape index (κ3) is 3.90. The van der Waals surface area contributed by atoms with Gasteiger partial charge in [-0.05, 0) is 36.4 Å². The van der Waals surface area contributed by atoms with Gasteiger partial charge in [-0.2, -0.15) is 0 Å². The number of ether oxygens (including phenoxy) is 1. The first-order valence-electron chi connectivity index (χ1n) is 6.98. The van der Waals surface area contributed by atoms with Crippen LogP contribution in [0.3, 0.4) is 0 Å². The first kappa shape index (κ1) is 15.1. The summed E-state index contributed by atoms with van der Waals surface area (Å²) >= 11 is 5.81. The van der Waals surface area contributed by atoms with Gasteiger partial charge in [0.1, 0.15) is 5.75 Å². The summed E-state index contributed by atoms with van der Waals surface area (Å²) in [6.45, 7) is -0.0834. The molecule has 6 heteroatoms. The maximum absolute atomic E-state index is 12.1. The average Bonchev–Trinajstić information content (AvgIpc) is 3.09. The lowest BCUT2D eigenvalue weighted by atomic mass is 10.2. The van der Waals surface area contributed by atoms with Crippen LogP contribution >= 0.6 is 11.6 Å². The van der Waals surface area contributed by atoms with Crippen LogP contribution in [0.2, 0.25) is 5.02 Å². The number of halogens is 1. The Labute approximate surface area is 138 Å². The predicted molar refractivity (Wildman–Crippen MR) is 89.1 cm³/mol. The van der Waals surface area contributed by atoms with Gasteiger partial charge in [-0.15, -0.1) is 0 Å². The summed E-state index contributed by atoms with van der Waals surface area (Å²) in [5.74, 6) is 0.347. The fourth-order valence-electron chi connectivity index (χ4n) is 2.07. The molecule has 3 rings (SSSR count). The number of benzene rings is 2. The van der Waals surface area contributed by atoms with Gasteiger partial charge in [0.05, 0.1) is 17.7 Å². The molecule has 3 aromatic rings. The molecule has 1 aromatic heterocycles. The molecule has 0 bridgehead atoms. The van der Waals surface area contributed by atoms with E-state index in [1.54, 1.807) is 36.8 Å². The van der Waals surface area contributed by atoms with Gasteiger partial charge in [0.2, 0.25) is 0 Å². The Balaban J connectivity index is 1.65. The minimum Gasteiger partial charge on any atom is -0.484 e. The summed E-state index contributed by atoms with van der Waals surface area (Å²) in [6.07, 6.45) is 5.17. The molecule has 1 N–H and O–H groups in total. The van der Waals surface area contributed by atoms with E-state index in [-0.39, 0.29) is 12.5 Å².